The Morgan fingerprint density at radius 2 is 2.08 bits per heavy atom. The van der Waals surface area contributed by atoms with Crippen molar-refractivity contribution in [2.24, 2.45) is 0 Å². The molecular weight excluding hydrogens is 228 g/mol. The molecule has 1 saturated carbocycles. The van der Waals surface area contributed by atoms with Gasteiger partial charge >= 0.3 is 0 Å². The third-order valence-corrected chi connectivity index (χ3v) is 3.50. The van der Waals surface area contributed by atoms with Gasteiger partial charge in [-0.25, -0.2) is 0 Å². The topological polar surface area (TPSA) is 20.2 Å². The Hall–Kier alpha value is -0.340. The van der Waals surface area contributed by atoms with Crippen LogP contribution < -0.4 is 0 Å². The fourth-order valence-electron chi connectivity index (χ4n) is 1.78. The van der Waals surface area contributed by atoms with Crippen molar-refractivity contribution in [3.63, 3.8) is 0 Å². The van der Waals surface area contributed by atoms with Gasteiger partial charge in [0.05, 0.1) is 5.60 Å². The lowest BCUT2D eigenvalue weighted by Gasteiger charge is -2.37. The van der Waals surface area contributed by atoms with Crippen molar-refractivity contribution in [3.8, 4) is 0 Å². The van der Waals surface area contributed by atoms with Crippen LogP contribution in [0.5, 0.6) is 0 Å². The molecule has 0 heterocycles. The first-order valence-corrected chi connectivity index (χ1v) is 5.40. The molecule has 0 amide bonds. The van der Waals surface area contributed by atoms with Crippen molar-refractivity contribution >= 4 is 15.9 Å². The lowest BCUT2D eigenvalue weighted by Crippen LogP contribution is -2.34. The van der Waals surface area contributed by atoms with Crippen LogP contribution in [0.1, 0.15) is 30.4 Å². The standard InChI is InChI=1S/C11H13BrO/c1-8-3-4-10(12)9(7-8)11(13)5-2-6-11/h3-4,7,13H,2,5-6H2,1H3. The molecule has 1 aromatic rings. The fraction of sp³-hybridized carbons (Fsp3) is 0.455. The van der Waals surface area contributed by atoms with E-state index in [-0.39, 0.29) is 0 Å². The number of aryl methyl sites for hydroxylation is 1. The van der Waals surface area contributed by atoms with Crippen LogP contribution in [0, 0.1) is 6.92 Å². The number of aliphatic hydroxyl groups is 1. The Kier molecular flexibility index (Phi) is 2.20. The number of halogens is 1. The smallest absolute Gasteiger partial charge is 0.0907 e. The summed E-state index contributed by atoms with van der Waals surface area (Å²) >= 11 is 3.48. The number of rotatable bonds is 1. The molecule has 0 aromatic heterocycles. The lowest BCUT2D eigenvalue weighted by atomic mass is 9.75. The van der Waals surface area contributed by atoms with Crippen molar-refractivity contribution < 1.29 is 5.11 Å². The van der Waals surface area contributed by atoms with E-state index in [1.807, 2.05) is 6.07 Å². The van der Waals surface area contributed by atoms with Gasteiger partial charge in [-0.05, 0) is 37.8 Å². The van der Waals surface area contributed by atoms with Crippen molar-refractivity contribution in [1.82, 2.24) is 0 Å². The SMILES string of the molecule is Cc1ccc(Br)c(C2(O)CCC2)c1. The highest BCUT2D eigenvalue weighted by molar-refractivity contribution is 9.10. The second kappa shape index (κ2) is 3.10. The maximum atomic E-state index is 10.2. The first kappa shape index (κ1) is 9.22. The van der Waals surface area contributed by atoms with Crippen molar-refractivity contribution in [2.45, 2.75) is 31.8 Å². The summed E-state index contributed by atoms with van der Waals surface area (Å²) in [5, 5.41) is 10.2. The van der Waals surface area contributed by atoms with E-state index < -0.39 is 5.60 Å². The Morgan fingerprint density at radius 3 is 2.62 bits per heavy atom. The summed E-state index contributed by atoms with van der Waals surface area (Å²) in [6.45, 7) is 2.05. The van der Waals surface area contributed by atoms with E-state index in [0.29, 0.717) is 0 Å². The molecule has 1 aliphatic rings. The van der Waals surface area contributed by atoms with Gasteiger partial charge in [-0.1, -0.05) is 33.6 Å². The Labute approximate surface area is 86.9 Å². The van der Waals surface area contributed by atoms with E-state index >= 15 is 0 Å². The van der Waals surface area contributed by atoms with Crippen LogP contribution in [0.25, 0.3) is 0 Å². The second-order valence-electron chi connectivity index (χ2n) is 3.87. The Bertz CT molecular complexity index is 329. The van der Waals surface area contributed by atoms with Gasteiger partial charge in [-0.15, -0.1) is 0 Å². The maximum Gasteiger partial charge on any atom is 0.0907 e. The summed E-state index contributed by atoms with van der Waals surface area (Å²) in [6.07, 6.45) is 2.93. The first-order valence-electron chi connectivity index (χ1n) is 4.61. The molecule has 1 aromatic carbocycles. The van der Waals surface area contributed by atoms with Crippen molar-refractivity contribution in [2.75, 3.05) is 0 Å². The summed E-state index contributed by atoms with van der Waals surface area (Å²) in [7, 11) is 0. The molecule has 0 saturated heterocycles. The van der Waals surface area contributed by atoms with Crippen LogP contribution in [0.3, 0.4) is 0 Å². The minimum absolute atomic E-state index is 0.551. The predicted molar refractivity (Wildman–Crippen MR) is 56.6 cm³/mol. The van der Waals surface area contributed by atoms with Gasteiger partial charge in [0.25, 0.3) is 0 Å². The molecule has 0 radical (unpaired) electrons. The van der Waals surface area contributed by atoms with Crippen LogP contribution in [0.4, 0.5) is 0 Å². The number of hydrogen-bond donors (Lipinski definition) is 1. The molecule has 70 valence electrons. The normalized spacial score (nSPS) is 19.6. The molecule has 0 spiro atoms. The van der Waals surface area contributed by atoms with Crippen LogP contribution in [0.2, 0.25) is 0 Å². The molecule has 1 N–H and O–H groups in total. The monoisotopic (exact) mass is 240 g/mol. The maximum absolute atomic E-state index is 10.2. The van der Waals surface area contributed by atoms with Gasteiger partial charge in [0, 0.05) is 4.47 Å². The van der Waals surface area contributed by atoms with E-state index in [9.17, 15) is 5.11 Å². The lowest BCUT2D eigenvalue weighted by molar-refractivity contribution is -0.0394. The third-order valence-electron chi connectivity index (χ3n) is 2.80. The number of benzene rings is 1. The molecule has 1 fully saturated rings. The predicted octanol–water partition coefficient (Wildman–Crippen LogP) is 3.13. The Morgan fingerprint density at radius 1 is 1.38 bits per heavy atom. The second-order valence-corrected chi connectivity index (χ2v) is 4.72. The molecule has 0 aliphatic heterocycles. The molecular formula is C11H13BrO. The van der Waals surface area contributed by atoms with E-state index in [4.69, 9.17) is 0 Å². The molecule has 2 heteroatoms. The summed E-state index contributed by atoms with van der Waals surface area (Å²) in [5.41, 5.74) is 1.71. The van der Waals surface area contributed by atoms with Gasteiger partial charge < -0.3 is 5.11 Å². The molecule has 2 rings (SSSR count). The molecule has 0 bridgehead atoms. The van der Waals surface area contributed by atoms with E-state index in [1.54, 1.807) is 0 Å². The summed E-state index contributed by atoms with van der Waals surface area (Å²) in [5.74, 6) is 0. The molecule has 1 aliphatic carbocycles. The zero-order chi connectivity index (χ0) is 9.47. The molecule has 0 atom stereocenters. The van der Waals surface area contributed by atoms with Crippen LogP contribution in [-0.4, -0.2) is 5.11 Å². The van der Waals surface area contributed by atoms with Gasteiger partial charge in [-0.2, -0.15) is 0 Å². The van der Waals surface area contributed by atoms with E-state index in [0.717, 1.165) is 29.3 Å². The average Bonchev–Trinajstić information content (AvgIpc) is 2.05. The minimum atomic E-state index is -0.551. The van der Waals surface area contributed by atoms with Gasteiger partial charge in [0.1, 0.15) is 0 Å². The van der Waals surface area contributed by atoms with Crippen molar-refractivity contribution in [3.05, 3.63) is 33.8 Å². The summed E-state index contributed by atoms with van der Waals surface area (Å²) in [4.78, 5) is 0. The van der Waals surface area contributed by atoms with Gasteiger partial charge in [-0.3, -0.25) is 0 Å². The zero-order valence-corrected chi connectivity index (χ0v) is 9.26. The Balaban J connectivity index is 2.43. The quantitative estimate of drug-likeness (QED) is 0.800. The van der Waals surface area contributed by atoms with Gasteiger partial charge in [0.2, 0.25) is 0 Å². The highest BCUT2D eigenvalue weighted by Crippen LogP contribution is 2.43. The summed E-state index contributed by atoms with van der Waals surface area (Å²) < 4.78 is 1.03. The number of hydrogen-bond acceptors (Lipinski definition) is 1. The molecule has 1 nitrogen and oxygen atoms in total. The van der Waals surface area contributed by atoms with Crippen molar-refractivity contribution in [1.29, 1.82) is 0 Å². The summed E-state index contributed by atoms with van der Waals surface area (Å²) in [6, 6.07) is 6.14. The highest BCUT2D eigenvalue weighted by atomic mass is 79.9. The minimum Gasteiger partial charge on any atom is -0.385 e. The van der Waals surface area contributed by atoms with Crippen LogP contribution in [0.15, 0.2) is 22.7 Å². The first-order chi connectivity index (χ1) is 6.12. The van der Waals surface area contributed by atoms with E-state index in [2.05, 4.69) is 35.0 Å². The molecule has 13 heavy (non-hydrogen) atoms. The van der Waals surface area contributed by atoms with Crippen LogP contribution >= 0.6 is 15.9 Å². The fourth-order valence-corrected chi connectivity index (χ4v) is 2.39. The molecule has 0 unspecified atom stereocenters. The van der Waals surface area contributed by atoms with E-state index in [1.165, 1.54) is 5.56 Å². The largest absolute Gasteiger partial charge is 0.385 e. The average molecular weight is 241 g/mol. The van der Waals surface area contributed by atoms with Gasteiger partial charge in [0.15, 0.2) is 0 Å². The third kappa shape index (κ3) is 1.53. The highest BCUT2D eigenvalue weighted by Gasteiger charge is 2.37. The van der Waals surface area contributed by atoms with Crippen LogP contribution in [-0.2, 0) is 5.60 Å². The zero-order valence-electron chi connectivity index (χ0n) is 7.68.